The van der Waals surface area contributed by atoms with Gasteiger partial charge in [0, 0.05) is 11.6 Å². The average molecular weight is 389 g/mol. The Bertz CT molecular complexity index is 739. The number of carboxylic acids is 1. The lowest BCUT2D eigenvalue weighted by Crippen LogP contribution is -2.58. The molecule has 0 radical (unpaired) electrons. The molecule has 2 N–H and O–H groups in total. The van der Waals surface area contributed by atoms with E-state index in [1.165, 1.54) is 24.3 Å². The molecule has 1 aromatic rings. The van der Waals surface area contributed by atoms with Crippen LogP contribution in [0.25, 0.3) is 0 Å². The number of ether oxygens (including phenoxy) is 1. The number of nitrogens with one attached hydrogen (secondary N) is 1. The van der Waals surface area contributed by atoms with Crippen molar-refractivity contribution in [2.75, 3.05) is 39.3 Å². The Morgan fingerprint density at radius 2 is 1.68 bits per heavy atom. The standard InChI is InChI=1S/C19H23N3O6/c23-16(13-1-3-15(4-2-13)28-12-19(26)27)9-22-17(24)10-21(11-18(22)25)14-5-7-20-8-6-14/h1-4,14,20H,5-12H2,(H,26,27). The van der Waals surface area contributed by atoms with Gasteiger partial charge in [-0.1, -0.05) is 0 Å². The maximum Gasteiger partial charge on any atom is 0.341 e. The minimum absolute atomic E-state index is 0.144. The molecule has 28 heavy (non-hydrogen) atoms. The Kier molecular flexibility index (Phi) is 6.37. The fraction of sp³-hybridized carbons (Fsp3) is 0.474. The number of imide groups is 1. The third-order valence-electron chi connectivity index (χ3n) is 4.94. The molecule has 0 unspecified atom stereocenters. The molecule has 2 aliphatic rings. The second-order valence-corrected chi connectivity index (χ2v) is 6.89. The minimum Gasteiger partial charge on any atom is -0.482 e. The van der Waals surface area contributed by atoms with E-state index in [-0.39, 0.29) is 43.3 Å². The van der Waals surface area contributed by atoms with Gasteiger partial charge in [-0.05, 0) is 50.2 Å². The zero-order valence-corrected chi connectivity index (χ0v) is 15.4. The summed E-state index contributed by atoms with van der Waals surface area (Å²) in [6, 6.07) is 6.15. The molecule has 2 saturated heterocycles. The molecule has 0 saturated carbocycles. The monoisotopic (exact) mass is 389 g/mol. The Morgan fingerprint density at radius 3 is 2.25 bits per heavy atom. The SMILES string of the molecule is O=C(O)COc1ccc(C(=O)CN2C(=O)CN(C3CCNCC3)CC2=O)cc1. The average Bonchev–Trinajstić information content (AvgIpc) is 2.70. The molecule has 0 bridgehead atoms. The summed E-state index contributed by atoms with van der Waals surface area (Å²) in [6.45, 7) is 1.26. The van der Waals surface area contributed by atoms with Gasteiger partial charge in [0.15, 0.2) is 12.4 Å². The topological polar surface area (TPSA) is 116 Å². The number of hydrogen-bond donors (Lipinski definition) is 2. The van der Waals surface area contributed by atoms with Gasteiger partial charge in [-0.25, -0.2) is 4.79 Å². The third-order valence-corrected chi connectivity index (χ3v) is 4.94. The number of amides is 2. The molecule has 2 heterocycles. The Hall–Kier alpha value is -2.78. The van der Waals surface area contributed by atoms with E-state index in [9.17, 15) is 19.2 Å². The number of rotatable bonds is 7. The van der Waals surface area contributed by atoms with Crippen molar-refractivity contribution in [1.29, 1.82) is 0 Å². The lowest BCUT2D eigenvalue weighted by atomic mass is 10.0. The van der Waals surface area contributed by atoms with Crippen LogP contribution < -0.4 is 10.1 Å². The van der Waals surface area contributed by atoms with E-state index in [4.69, 9.17) is 9.84 Å². The number of hydrogen-bond acceptors (Lipinski definition) is 7. The van der Waals surface area contributed by atoms with Crippen molar-refractivity contribution in [1.82, 2.24) is 15.1 Å². The molecule has 150 valence electrons. The number of carboxylic acid groups (broad SMARTS) is 1. The number of benzene rings is 1. The maximum atomic E-state index is 12.5. The molecular formula is C19H23N3O6. The molecular weight excluding hydrogens is 366 g/mol. The number of piperidine rings is 1. The van der Waals surface area contributed by atoms with Crippen molar-refractivity contribution in [3.8, 4) is 5.75 Å². The molecule has 2 amide bonds. The summed E-state index contributed by atoms with van der Waals surface area (Å²) in [7, 11) is 0. The van der Waals surface area contributed by atoms with Crippen molar-refractivity contribution in [3.05, 3.63) is 29.8 Å². The van der Waals surface area contributed by atoms with Gasteiger partial charge < -0.3 is 15.2 Å². The van der Waals surface area contributed by atoms with Crippen LogP contribution in [0.4, 0.5) is 0 Å². The second-order valence-electron chi connectivity index (χ2n) is 6.89. The highest BCUT2D eigenvalue weighted by molar-refractivity contribution is 6.06. The van der Waals surface area contributed by atoms with E-state index in [0.29, 0.717) is 11.3 Å². The molecule has 9 heteroatoms. The summed E-state index contributed by atoms with van der Waals surface area (Å²) >= 11 is 0. The molecule has 0 atom stereocenters. The van der Waals surface area contributed by atoms with Gasteiger partial charge in [-0.2, -0.15) is 0 Å². The fourth-order valence-corrected chi connectivity index (χ4v) is 3.44. The van der Waals surface area contributed by atoms with Crippen LogP contribution in [0.15, 0.2) is 24.3 Å². The Balaban J connectivity index is 1.57. The summed E-state index contributed by atoms with van der Waals surface area (Å²) in [5.74, 6) is -1.85. The number of aliphatic carboxylic acids is 1. The van der Waals surface area contributed by atoms with Crippen molar-refractivity contribution >= 4 is 23.6 Å². The zero-order valence-electron chi connectivity index (χ0n) is 15.4. The number of ketones is 1. The normalized spacial score (nSPS) is 18.9. The Labute approximate surface area is 162 Å². The van der Waals surface area contributed by atoms with E-state index in [2.05, 4.69) is 5.32 Å². The first kappa shape index (κ1) is 20.0. The van der Waals surface area contributed by atoms with Crippen LogP contribution in [0.5, 0.6) is 5.75 Å². The van der Waals surface area contributed by atoms with Gasteiger partial charge in [0.1, 0.15) is 5.75 Å². The van der Waals surface area contributed by atoms with E-state index in [0.717, 1.165) is 30.8 Å². The van der Waals surface area contributed by atoms with E-state index >= 15 is 0 Å². The highest BCUT2D eigenvalue weighted by atomic mass is 16.5. The van der Waals surface area contributed by atoms with Gasteiger partial charge in [0.2, 0.25) is 11.8 Å². The Morgan fingerprint density at radius 1 is 1.07 bits per heavy atom. The number of carbonyl (C=O) groups is 4. The quantitative estimate of drug-likeness (QED) is 0.485. The van der Waals surface area contributed by atoms with Gasteiger partial charge >= 0.3 is 5.97 Å². The van der Waals surface area contributed by atoms with Crippen LogP contribution in [0.3, 0.4) is 0 Å². The van der Waals surface area contributed by atoms with Crippen LogP contribution in [0, 0.1) is 0 Å². The molecule has 1 aromatic carbocycles. The van der Waals surface area contributed by atoms with Crippen molar-refractivity contribution in [3.63, 3.8) is 0 Å². The molecule has 0 aliphatic carbocycles. The van der Waals surface area contributed by atoms with Crippen LogP contribution in [0.2, 0.25) is 0 Å². The zero-order chi connectivity index (χ0) is 20.1. The summed E-state index contributed by atoms with van der Waals surface area (Å²) < 4.78 is 5.02. The lowest BCUT2D eigenvalue weighted by molar-refractivity contribution is -0.152. The first-order chi connectivity index (χ1) is 13.4. The summed E-state index contributed by atoms with van der Waals surface area (Å²) in [5.41, 5.74) is 0.323. The molecule has 0 spiro atoms. The van der Waals surface area contributed by atoms with E-state index in [1.54, 1.807) is 0 Å². The van der Waals surface area contributed by atoms with Crippen molar-refractivity contribution in [2.24, 2.45) is 0 Å². The first-order valence-electron chi connectivity index (χ1n) is 9.20. The van der Waals surface area contributed by atoms with E-state index in [1.807, 2.05) is 4.90 Å². The first-order valence-corrected chi connectivity index (χ1v) is 9.20. The highest BCUT2D eigenvalue weighted by Gasteiger charge is 2.35. The second kappa shape index (κ2) is 8.94. The van der Waals surface area contributed by atoms with Crippen LogP contribution in [-0.2, 0) is 14.4 Å². The van der Waals surface area contributed by atoms with Crippen molar-refractivity contribution in [2.45, 2.75) is 18.9 Å². The van der Waals surface area contributed by atoms with E-state index < -0.39 is 12.6 Å². The number of Topliss-reactive ketones (excluding diaryl/α,β-unsaturated/α-hetero) is 1. The van der Waals surface area contributed by atoms with Crippen LogP contribution in [-0.4, -0.2) is 83.8 Å². The predicted molar refractivity (Wildman–Crippen MR) is 98.1 cm³/mol. The summed E-state index contributed by atoms with van der Waals surface area (Å²) in [4.78, 5) is 50.8. The maximum absolute atomic E-state index is 12.5. The molecule has 0 aromatic heterocycles. The largest absolute Gasteiger partial charge is 0.482 e. The van der Waals surface area contributed by atoms with Gasteiger partial charge in [-0.3, -0.25) is 24.2 Å². The number of piperazine rings is 1. The summed E-state index contributed by atoms with van der Waals surface area (Å²) in [6.07, 6.45) is 1.80. The molecule has 9 nitrogen and oxygen atoms in total. The van der Waals surface area contributed by atoms with Gasteiger partial charge in [-0.15, -0.1) is 0 Å². The predicted octanol–water partition coefficient (Wildman–Crippen LogP) is -0.244. The molecule has 2 aliphatic heterocycles. The minimum atomic E-state index is -1.10. The summed E-state index contributed by atoms with van der Waals surface area (Å²) in [5, 5.41) is 11.9. The fourth-order valence-electron chi connectivity index (χ4n) is 3.44. The molecule has 3 rings (SSSR count). The third kappa shape index (κ3) is 4.93. The van der Waals surface area contributed by atoms with Gasteiger partial charge in [0.25, 0.3) is 0 Å². The number of carbonyl (C=O) groups excluding carboxylic acids is 3. The van der Waals surface area contributed by atoms with Gasteiger partial charge in [0.05, 0.1) is 19.6 Å². The van der Waals surface area contributed by atoms with Crippen LogP contribution in [0.1, 0.15) is 23.2 Å². The molecule has 2 fully saturated rings. The van der Waals surface area contributed by atoms with Crippen molar-refractivity contribution < 1.29 is 29.0 Å². The number of nitrogens with zero attached hydrogens (tertiary/aromatic N) is 2. The highest BCUT2D eigenvalue weighted by Crippen LogP contribution is 2.17. The van der Waals surface area contributed by atoms with Crippen LogP contribution >= 0.6 is 0 Å². The lowest BCUT2D eigenvalue weighted by Gasteiger charge is -2.38. The smallest absolute Gasteiger partial charge is 0.341 e.